The molecular formula is C11H12ClNO. The van der Waals surface area contributed by atoms with E-state index in [1.54, 1.807) is 0 Å². The van der Waals surface area contributed by atoms with Crippen LogP contribution in [0.3, 0.4) is 0 Å². The van der Waals surface area contributed by atoms with Crippen molar-refractivity contribution in [3.63, 3.8) is 0 Å². The Hall–Kier alpha value is -1.02. The number of hydrogen-bond donors (Lipinski definition) is 1. The molecule has 0 spiro atoms. The number of hydrogen-bond acceptors (Lipinski definition) is 2. The summed E-state index contributed by atoms with van der Waals surface area (Å²) >= 11 is 6.07. The maximum absolute atomic E-state index is 11.7. The summed E-state index contributed by atoms with van der Waals surface area (Å²) in [5.41, 5.74) is 2.58. The van der Waals surface area contributed by atoms with E-state index >= 15 is 0 Å². The van der Waals surface area contributed by atoms with E-state index in [2.05, 4.69) is 5.32 Å². The summed E-state index contributed by atoms with van der Waals surface area (Å²) < 4.78 is 0. The summed E-state index contributed by atoms with van der Waals surface area (Å²) in [6.45, 7) is 2.77. The average molecular weight is 210 g/mol. The lowest BCUT2D eigenvalue weighted by atomic mass is 10.0. The molecule has 0 amide bonds. The van der Waals surface area contributed by atoms with Crippen molar-refractivity contribution in [3.8, 4) is 0 Å². The number of Topliss-reactive ketones (excluding diaryl/α,β-unsaturated/α-hetero) is 1. The van der Waals surface area contributed by atoms with Gasteiger partial charge in [-0.3, -0.25) is 4.79 Å². The highest BCUT2D eigenvalue weighted by Crippen LogP contribution is 2.30. The lowest BCUT2D eigenvalue weighted by molar-refractivity contribution is 0.0983. The van der Waals surface area contributed by atoms with E-state index in [0.29, 0.717) is 11.4 Å². The van der Waals surface area contributed by atoms with Gasteiger partial charge in [0.05, 0.1) is 10.7 Å². The van der Waals surface area contributed by atoms with Gasteiger partial charge in [-0.05, 0) is 31.0 Å². The third-order valence-electron chi connectivity index (χ3n) is 2.42. The summed E-state index contributed by atoms with van der Waals surface area (Å²) in [5, 5.41) is 3.85. The highest BCUT2D eigenvalue weighted by atomic mass is 35.5. The van der Waals surface area contributed by atoms with E-state index in [-0.39, 0.29) is 5.78 Å². The minimum atomic E-state index is 0.190. The zero-order valence-electron chi connectivity index (χ0n) is 8.06. The molecule has 0 saturated carbocycles. The van der Waals surface area contributed by atoms with E-state index in [0.717, 1.165) is 29.8 Å². The molecule has 1 aromatic carbocycles. The fourth-order valence-corrected chi connectivity index (χ4v) is 2.08. The molecule has 0 aliphatic carbocycles. The summed E-state index contributed by atoms with van der Waals surface area (Å²) in [6, 6.07) is 3.79. The molecule has 0 atom stereocenters. The van der Waals surface area contributed by atoms with Gasteiger partial charge in [-0.15, -0.1) is 0 Å². The first-order valence-electron chi connectivity index (χ1n) is 4.75. The number of anilines is 1. The highest BCUT2D eigenvalue weighted by molar-refractivity contribution is 6.34. The van der Waals surface area contributed by atoms with Gasteiger partial charge in [0.2, 0.25) is 0 Å². The van der Waals surface area contributed by atoms with Gasteiger partial charge in [-0.2, -0.15) is 0 Å². The van der Waals surface area contributed by atoms with E-state index < -0.39 is 0 Å². The molecule has 0 unspecified atom stereocenters. The summed E-state index contributed by atoms with van der Waals surface area (Å²) in [6.07, 6.45) is 1.49. The second-order valence-electron chi connectivity index (χ2n) is 3.62. The molecule has 0 saturated heterocycles. The largest absolute Gasteiger partial charge is 0.383 e. The molecule has 1 N–H and O–H groups in total. The van der Waals surface area contributed by atoms with E-state index in [1.165, 1.54) is 0 Å². The number of aryl methyl sites for hydroxylation is 1. The van der Waals surface area contributed by atoms with Crippen LogP contribution in [0.15, 0.2) is 12.1 Å². The lowest BCUT2D eigenvalue weighted by Gasteiger charge is -2.09. The number of halogens is 1. The Bertz CT molecular complexity index is 387. The van der Waals surface area contributed by atoms with Gasteiger partial charge in [-0.25, -0.2) is 0 Å². The number of fused-ring (bicyclic) bond motifs is 1. The van der Waals surface area contributed by atoms with Gasteiger partial charge in [0, 0.05) is 18.5 Å². The van der Waals surface area contributed by atoms with Crippen LogP contribution in [0.2, 0.25) is 5.02 Å². The zero-order valence-corrected chi connectivity index (χ0v) is 8.82. The van der Waals surface area contributed by atoms with Crippen LogP contribution in [0.4, 0.5) is 5.69 Å². The van der Waals surface area contributed by atoms with Crippen molar-refractivity contribution in [2.75, 3.05) is 11.9 Å². The number of carbonyl (C=O) groups excluding carboxylic acids is 1. The number of nitrogens with one attached hydrogen (secondary N) is 1. The number of benzene rings is 1. The zero-order chi connectivity index (χ0) is 10.1. The van der Waals surface area contributed by atoms with Crippen LogP contribution >= 0.6 is 11.6 Å². The molecule has 1 heterocycles. The van der Waals surface area contributed by atoms with Crippen molar-refractivity contribution >= 4 is 23.1 Å². The standard InChI is InChI=1S/C11H12ClNO/c1-7-5-8-10(14)3-2-4-13-11(8)9(12)6-7/h5-6,13H,2-4H2,1H3. The summed E-state index contributed by atoms with van der Waals surface area (Å²) in [4.78, 5) is 11.7. The first-order chi connectivity index (χ1) is 6.68. The van der Waals surface area contributed by atoms with Crippen molar-refractivity contribution in [3.05, 3.63) is 28.3 Å². The SMILES string of the molecule is Cc1cc(Cl)c2c(c1)C(=O)CCCN2. The lowest BCUT2D eigenvalue weighted by Crippen LogP contribution is -2.01. The molecule has 2 nitrogen and oxygen atoms in total. The Morgan fingerprint density at radius 3 is 3.00 bits per heavy atom. The molecule has 0 fully saturated rings. The van der Waals surface area contributed by atoms with Gasteiger partial charge in [-0.1, -0.05) is 11.6 Å². The second-order valence-corrected chi connectivity index (χ2v) is 4.03. The fourth-order valence-electron chi connectivity index (χ4n) is 1.74. The maximum Gasteiger partial charge on any atom is 0.165 e. The van der Waals surface area contributed by atoms with Gasteiger partial charge in [0.1, 0.15) is 0 Å². The first-order valence-corrected chi connectivity index (χ1v) is 5.13. The van der Waals surface area contributed by atoms with Crippen LogP contribution in [0.5, 0.6) is 0 Å². The predicted octanol–water partition coefficient (Wildman–Crippen LogP) is 3.04. The third kappa shape index (κ3) is 1.62. The van der Waals surface area contributed by atoms with Crippen molar-refractivity contribution < 1.29 is 4.79 Å². The molecule has 1 aliphatic rings. The quantitative estimate of drug-likeness (QED) is 0.712. The van der Waals surface area contributed by atoms with Crippen LogP contribution < -0.4 is 5.32 Å². The molecule has 2 rings (SSSR count). The van der Waals surface area contributed by atoms with E-state index in [9.17, 15) is 4.79 Å². The Morgan fingerprint density at radius 1 is 1.43 bits per heavy atom. The minimum absolute atomic E-state index is 0.190. The molecular weight excluding hydrogens is 198 g/mol. The van der Waals surface area contributed by atoms with Crippen molar-refractivity contribution in [2.45, 2.75) is 19.8 Å². The minimum Gasteiger partial charge on any atom is -0.383 e. The second kappa shape index (κ2) is 3.62. The monoisotopic (exact) mass is 209 g/mol. The van der Waals surface area contributed by atoms with Crippen LogP contribution in [0.25, 0.3) is 0 Å². The van der Waals surface area contributed by atoms with Gasteiger partial charge in [0.25, 0.3) is 0 Å². The Balaban J connectivity index is 2.58. The van der Waals surface area contributed by atoms with Gasteiger partial charge in [0.15, 0.2) is 5.78 Å². The van der Waals surface area contributed by atoms with Crippen LogP contribution in [-0.2, 0) is 0 Å². The molecule has 0 aromatic heterocycles. The Morgan fingerprint density at radius 2 is 2.21 bits per heavy atom. The summed E-state index contributed by atoms with van der Waals surface area (Å²) in [7, 11) is 0. The molecule has 14 heavy (non-hydrogen) atoms. The molecule has 1 aromatic rings. The van der Waals surface area contributed by atoms with Gasteiger partial charge >= 0.3 is 0 Å². The third-order valence-corrected chi connectivity index (χ3v) is 2.72. The van der Waals surface area contributed by atoms with Crippen molar-refractivity contribution in [1.82, 2.24) is 0 Å². The maximum atomic E-state index is 11.7. The first kappa shape index (κ1) is 9.53. The average Bonchev–Trinajstić information content (AvgIpc) is 2.29. The van der Waals surface area contributed by atoms with E-state index in [4.69, 9.17) is 11.6 Å². The molecule has 3 heteroatoms. The van der Waals surface area contributed by atoms with Crippen LogP contribution in [0.1, 0.15) is 28.8 Å². The smallest absolute Gasteiger partial charge is 0.165 e. The normalized spacial score (nSPS) is 15.7. The Labute approximate surface area is 88.3 Å². The molecule has 0 radical (unpaired) electrons. The fraction of sp³-hybridized carbons (Fsp3) is 0.364. The number of carbonyl (C=O) groups is 1. The van der Waals surface area contributed by atoms with Crippen LogP contribution in [-0.4, -0.2) is 12.3 Å². The van der Waals surface area contributed by atoms with Gasteiger partial charge < -0.3 is 5.32 Å². The highest BCUT2D eigenvalue weighted by Gasteiger charge is 2.17. The molecule has 1 aliphatic heterocycles. The summed E-state index contributed by atoms with van der Waals surface area (Å²) in [5.74, 6) is 0.190. The van der Waals surface area contributed by atoms with Crippen molar-refractivity contribution in [1.29, 1.82) is 0 Å². The molecule has 0 bridgehead atoms. The van der Waals surface area contributed by atoms with E-state index in [1.807, 2.05) is 19.1 Å². The predicted molar refractivity (Wildman–Crippen MR) is 58.2 cm³/mol. The molecule has 74 valence electrons. The van der Waals surface area contributed by atoms with Crippen molar-refractivity contribution in [2.24, 2.45) is 0 Å². The number of rotatable bonds is 0. The topological polar surface area (TPSA) is 29.1 Å². The Kier molecular flexibility index (Phi) is 2.46. The van der Waals surface area contributed by atoms with Crippen LogP contribution in [0, 0.1) is 6.92 Å². The number of ketones is 1.